The lowest BCUT2D eigenvalue weighted by molar-refractivity contribution is -0.384. The van der Waals surface area contributed by atoms with Crippen molar-refractivity contribution in [3.63, 3.8) is 0 Å². The van der Waals surface area contributed by atoms with Crippen molar-refractivity contribution in [3.05, 3.63) is 99.0 Å². The minimum absolute atomic E-state index is 0.0449. The zero-order valence-corrected chi connectivity index (χ0v) is 27.5. The molecule has 0 amide bonds. The first-order valence-electron chi connectivity index (χ1n) is 15.3. The number of rotatable bonds is 6. The fraction of sp³-hybridized carbons (Fsp3) is 0.324. The number of halogens is 2. The Labute approximate surface area is 279 Å². The average molecular weight is 677 g/mol. The van der Waals surface area contributed by atoms with E-state index in [4.69, 9.17) is 21.1 Å². The summed E-state index contributed by atoms with van der Waals surface area (Å²) < 4.78 is 31.0. The van der Waals surface area contributed by atoms with Crippen LogP contribution in [0.2, 0.25) is 5.02 Å². The normalized spacial score (nSPS) is 16.8. The van der Waals surface area contributed by atoms with E-state index in [9.17, 15) is 29.5 Å². The molecule has 2 aromatic heterocycles. The number of imidazole rings is 1. The van der Waals surface area contributed by atoms with Gasteiger partial charge in [0, 0.05) is 36.1 Å². The maximum atomic E-state index is 14.8. The summed E-state index contributed by atoms with van der Waals surface area (Å²) in [7, 11) is 0. The van der Waals surface area contributed by atoms with Crippen LogP contribution < -0.4 is 10.5 Å². The Balaban J connectivity index is 1.41. The van der Waals surface area contributed by atoms with E-state index < -0.39 is 40.5 Å². The van der Waals surface area contributed by atoms with Crippen molar-refractivity contribution in [2.24, 2.45) is 0 Å². The highest BCUT2D eigenvalue weighted by molar-refractivity contribution is 6.31. The molecule has 3 heterocycles. The van der Waals surface area contributed by atoms with Gasteiger partial charge in [0.05, 0.1) is 40.6 Å². The third-order valence-corrected chi connectivity index (χ3v) is 8.60. The Kier molecular flexibility index (Phi) is 8.50. The van der Waals surface area contributed by atoms with Gasteiger partial charge in [-0.1, -0.05) is 23.7 Å². The van der Waals surface area contributed by atoms with E-state index in [0.717, 1.165) is 10.9 Å². The van der Waals surface area contributed by atoms with Crippen molar-refractivity contribution in [3.8, 4) is 0 Å². The monoisotopic (exact) mass is 676 g/mol. The van der Waals surface area contributed by atoms with E-state index in [-0.39, 0.29) is 24.4 Å². The number of nitro groups is 1. The molecule has 0 aliphatic carbocycles. The van der Waals surface area contributed by atoms with E-state index in [1.165, 1.54) is 41.8 Å². The van der Waals surface area contributed by atoms with Crippen LogP contribution >= 0.6 is 11.6 Å². The number of nitrogens with zero attached hydrogens (tertiary/aromatic N) is 5. The Morgan fingerprint density at radius 2 is 1.85 bits per heavy atom. The smallest absolute Gasteiger partial charge is 0.418 e. The standard InChI is InChI=1S/C34H34ClFN6O6/c1-20(43)47-31-19-38(29-16-22(35)8-10-27(29)42(45)46)14-13-28(31)41-30-17-23(36)9-11-26(30)40(32(41)37)18-21-6-5-7-25-24(21)12-15-39(25)33(44)48-34(2,3)4/h5-12,15-17,28,31,37H,13-14,18-19H2,1-4H3/t28-,31-/m1/s1. The van der Waals surface area contributed by atoms with Gasteiger partial charge in [-0.25, -0.2) is 9.18 Å². The fourth-order valence-corrected chi connectivity index (χ4v) is 6.60. The van der Waals surface area contributed by atoms with Crippen molar-refractivity contribution < 1.29 is 28.4 Å². The molecule has 0 saturated carbocycles. The van der Waals surface area contributed by atoms with Crippen LogP contribution in [0.1, 0.15) is 45.7 Å². The van der Waals surface area contributed by atoms with Crippen LogP contribution in [-0.2, 0) is 20.8 Å². The summed E-state index contributed by atoms with van der Waals surface area (Å²) in [5.74, 6) is -1.06. The van der Waals surface area contributed by atoms with Crippen molar-refractivity contribution >= 4 is 57.0 Å². The van der Waals surface area contributed by atoms with E-state index in [2.05, 4.69) is 0 Å². The van der Waals surface area contributed by atoms with Crippen LogP contribution in [-0.4, -0.2) is 55.5 Å². The molecule has 2 atom stereocenters. The molecule has 12 nitrogen and oxygen atoms in total. The lowest BCUT2D eigenvalue weighted by Gasteiger charge is -2.39. The summed E-state index contributed by atoms with van der Waals surface area (Å²) in [5.41, 5.74) is 1.99. The van der Waals surface area contributed by atoms with Crippen LogP contribution in [0.3, 0.4) is 0 Å². The molecule has 6 rings (SSSR count). The molecule has 0 spiro atoms. The Morgan fingerprint density at radius 1 is 1.08 bits per heavy atom. The van der Waals surface area contributed by atoms with Crippen LogP contribution in [0.4, 0.5) is 20.6 Å². The van der Waals surface area contributed by atoms with Gasteiger partial charge in [-0.3, -0.25) is 24.9 Å². The van der Waals surface area contributed by atoms with Gasteiger partial charge in [-0.05, 0) is 75.2 Å². The van der Waals surface area contributed by atoms with E-state index in [1.807, 2.05) is 24.3 Å². The lowest BCUT2D eigenvalue weighted by Crippen LogP contribution is -2.49. The first-order chi connectivity index (χ1) is 22.7. The fourth-order valence-electron chi connectivity index (χ4n) is 6.43. The molecular weight excluding hydrogens is 643 g/mol. The summed E-state index contributed by atoms with van der Waals surface area (Å²) in [6.45, 7) is 7.28. The molecule has 1 aliphatic rings. The van der Waals surface area contributed by atoms with Gasteiger partial charge in [0.2, 0.25) is 5.62 Å². The second-order valence-electron chi connectivity index (χ2n) is 12.8. The predicted octanol–water partition coefficient (Wildman–Crippen LogP) is 6.79. The largest absolute Gasteiger partial charge is 0.458 e. The number of carbonyl (C=O) groups excluding carboxylic acids is 2. The zero-order chi connectivity index (χ0) is 34.5. The Hall–Kier alpha value is -5.17. The summed E-state index contributed by atoms with van der Waals surface area (Å²) in [5, 5.41) is 22.3. The third-order valence-electron chi connectivity index (χ3n) is 8.36. The van der Waals surface area contributed by atoms with Crippen molar-refractivity contribution in [2.45, 2.75) is 58.4 Å². The molecule has 3 aromatic carbocycles. The van der Waals surface area contributed by atoms with Gasteiger partial charge in [0.25, 0.3) is 5.69 Å². The minimum Gasteiger partial charge on any atom is -0.458 e. The molecular formula is C34H34ClFN6O6. The highest BCUT2D eigenvalue weighted by Crippen LogP contribution is 2.37. The van der Waals surface area contributed by atoms with Gasteiger partial charge in [-0.15, -0.1) is 0 Å². The van der Waals surface area contributed by atoms with Gasteiger partial charge in [-0.2, -0.15) is 0 Å². The molecule has 0 bridgehead atoms. The van der Waals surface area contributed by atoms with Crippen LogP contribution in [0, 0.1) is 21.3 Å². The molecule has 1 aliphatic heterocycles. The van der Waals surface area contributed by atoms with E-state index >= 15 is 0 Å². The number of esters is 1. The minimum atomic E-state index is -0.836. The van der Waals surface area contributed by atoms with Crippen molar-refractivity contribution in [1.29, 1.82) is 5.41 Å². The Morgan fingerprint density at radius 3 is 2.56 bits per heavy atom. The average Bonchev–Trinajstić information content (AvgIpc) is 3.55. The Bertz CT molecular complexity index is 2150. The molecule has 0 radical (unpaired) electrons. The quantitative estimate of drug-likeness (QED) is 0.119. The zero-order valence-electron chi connectivity index (χ0n) is 26.8. The van der Waals surface area contributed by atoms with Crippen molar-refractivity contribution in [2.75, 3.05) is 18.0 Å². The van der Waals surface area contributed by atoms with E-state index in [0.29, 0.717) is 40.2 Å². The molecule has 0 unspecified atom stereocenters. The second kappa shape index (κ2) is 12.5. The lowest BCUT2D eigenvalue weighted by atomic mass is 10.00. The predicted molar refractivity (Wildman–Crippen MR) is 178 cm³/mol. The van der Waals surface area contributed by atoms with Gasteiger partial charge >= 0.3 is 12.1 Å². The van der Waals surface area contributed by atoms with Gasteiger partial charge in [0.15, 0.2) is 0 Å². The first-order valence-corrected chi connectivity index (χ1v) is 15.7. The summed E-state index contributed by atoms with van der Waals surface area (Å²) in [4.78, 5) is 38.3. The maximum Gasteiger partial charge on any atom is 0.418 e. The van der Waals surface area contributed by atoms with E-state index in [1.54, 1.807) is 47.1 Å². The molecule has 5 aromatic rings. The number of nitro benzene ring substituents is 1. The summed E-state index contributed by atoms with van der Waals surface area (Å²) in [6, 6.07) is 15.3. The van der Waals surface area contributed by atoms with Crippen molar-refractivity contribution in [1.82, 2.24) is 13.7 Å². The van der Waals surface area contributed by atoms with Crippen LogP contribution in [0.15, 0.2) is 66.9 Å². The summed E-state index contributed by atoms with van der Waals surface area (Å²) in [6.07, 6.45) is 0.621. The third kappa shape index (κ3) is 6.25. The van der Waals surface area contributed by atoms with Crippen LogP contribution in [0.25, 0.3) is 21.9 Å². The van der Waals surface area contributed by atoms with Gasteiger partial charge < -0.3 is 23.5 Å². The number of hydrogen-bond acceptors (Lipinski definition) is 8. The second-order valence-corrected chi connectivity index (χ2v) is 13.2. The highest BCUT2D eigenvalue weighted by Gasteiger charge is 2.37. The maximum absolute atomic E-state index is 14.8. The number of aromatic nitrogens is 3. The topological polar surface area (TPSA) is 138 Å². The molecule has 48 heavy (non-hydrogen) atoms. The SMILES string of the molecule is CC(=O)O[C@@H]1CN(c2cc(Cl)ccc2[N+](=O)[O-])CC[C@H]1n1c(=N)n(Cc2cccc3c2ccn3C(=O)OC(C)(C)C)c2ccc(F)cc21. The molecule has 1 saturated heterocycles. The number of carbonyl (C=O) groups is 2. The first kappa shape index (κ1) is 32.8. The van der Waals surface area contributed by atoms with Gasteiger partial charge in [0.1, 0.15) is 23.2 Å². The number of ether oxygens (including phenoxy) is 2. The molecule has 250 valence electrons. The number of benzene rings is 3. The number of anilines is 1. The molecule has 14 heteroatoms. The number of piperidine rings is 1. The number of fused-ring (bicyclic) bond motifs is 2. The van der Waals surface area contributed by atoms with Crippen LogP contribution in [0.5, 0.6) is 0 Å². The number of hydrogen-bond donors (Lipinski definition) is 1. The number of nitrogens with one attached hydrogen (secondary N) is 1. The summed E-state index contributed by atoms with van der Waals surface area (Å²) >= 11 is 6.21. The molecule has 1 N–H and O–H groups in total. The molecule has 1 fully saturated rings. The highest BCUT2D eigenvalue weighted by atomic mass is 35.5.